The van der Waals surface area contributed by atoms with Crippen molar-refractivity contribution in [3.63, 3.8) is 0 Å². The minimum Gasteiger partial charge on any atom is -0.328 e. The van der Waals surface area contributed by atoms with Crippen molar-refractivity contribution in [2.75, 3.05) is 11.4 Å². The number of unbranched alkanes of at least 4 members (excludes halogenated alkanes) is 1. The lowest BCUT2D eigenvalue weighted by Crippen LogP contribution is -2.24. The molecule has 3 aromatic rings. The van der Waals surface area contributed by atoms with Crippen LogP contribution in [0.25, 0.3) is 11.0 Å². The highest BCUT2D eigenvalue weighted by Gasteiger charge is 2.34. The van der Waals surface area contributed by atoms with E-state index >= 15 is 0 Å². The summed E-state index contributed by atoms with van der Waals surface area (Å²) in [4.78, 5) is 19.5. The van der Waals surface area contributed by atoms with Crippen LogP contribution < -0.4 is 4.90 Å². The second-order valence-corrected chi connectivity index (χ2v) is 7.38. The fraction of sp³-hybridized carbons (Fsp3) is 0.391. The number of aromatic nitrogens is 2. The molecule has 4 rings (SSSR count). The first-order valence-corrected chi connectivity index (χ1v) is 10.1. The molecule has 4 heteroatoms. The van der Waals surface area contributed by atoms with E-state index in [1.807, 2.05) is 17.0 Å². The Morgan fingerprint density at radius 3 is 2.59 bits per heavy atom. The highest BCUT2D eigenvalue weighted by atomic mass is 16.2. The molecule has 1 fully saturated rings. The van der Waals surface area contributed by atoms with Crippen LogP contribution in [0.15, 0.2) is 48.5 Å². The Morgan fingerprint density at radius 2 is 1.85 bits per heavy atom. The zero-order chi connectivity index (χ0) is 18.8. The number of amides is 1. The average Bonchev–Trinajstić information content (AvgIpc) is 3.27. The molecule has 2 aromatic carbocycles. The van der Waals surface area contributed by atoms with Gasteiger partial charge in [0.25, 0.3) is 0 Å². The molecule has 1 amide bonds. The standard InChI is InChI=1S/C23H27N3O/c1-3-5-8-17-11-13-19(14-12-17)26-16-18(15-22(26)27)23-24-20-9-6-7-10-21(20)25(23)4-2/h6-7,9-14,18H,3-5,8,15-16H2,1-2H3/t18-/m1/s1. The summed E-state index contributed by atoms with van der Waals surface area (Å²) in [5.41, 5.74) is 4.51. The van der Waals surface area contributed by atoms with Gasteiger partial charge in [-0.1, -0.05) is 37.6 Å². The predicted octanol–water partition coefficient (Wildman–Crippen LogP) is 4.92. The van der Waals surface area contributed by atoms with Gasteiger partial charge in [-0.25, -0.2) is 4.98 Å². The van der Waals surface area contributed by atoms with Crippen molar-refractivity contribution < 1.29 is 4.79 Å². The Morgan fingerprint density at radius 1 is 1.07 bits per heavy atom. The summed E-state index contributed by atoms with van der Waals surface area (Å²) >= 11 is 0. The van der Waals surface area contributed by atoms with Crippen molar-refractivity contribution in [3.05, 3.63) is 59.9 Å². The van der Waals surface area contributed by atoms with Crippen LogP contribution in [0.3, 0.4) is 0 Å². The SMILES string of the molecule is CCCCc1ccc(N2C[C@H](c3nc4ccccc4n3CC)CC2=O)cc1. The number of para-hydroxylation sites is 2. The van der Waals surface area contributed by atoms with E-state index in [0.29, 0.717) is 13.0 Å². The first-order valence-electron chi connectivity index (χ1n) is 10.1. The van der Waals surface area contributed by atoms with Crippen molar-refractivity contribution in [3.8, 4) is 0 Å². The predicted molar refractivity (Wildman–Crippen MR) is 110 cm³/mol. The van der Waals surface area contributed by atoms with Gasteiger partial charge in [0.1, 0.15) is 5.82 Å². The lowest BCUT2D eigenvalue weighted by atomic mass is 10.1. The molecule has 0 radical (unpaired) electrons. The van der Waals surface area contributed by atoms with Gasteiger partial charge in [-0.05, 0) is 49.6 Å². The lowest BCUT2D eigenvalue weighted by Gasteiger charge is -2.17. The smallest absolute Gasteiger partial charge is 0.227 e. The van der Waals surface area contributed by atoms with Crippen LogP contribution in [-0.4, -0.2) is 22.0 Å². The van der Waals surface area contributed by atoms with Crippen molar-refractivity contribution in [2.24, 2.45) is 0 Å². The summed E-state index contributed by atoms with van der Waals surface area (Å²) in [6.45, 7) is 5.92. The molecule has 4 nitrogen and oxygen atoms in total. The van der Waals surface area contributed by atoms with Crippen LogP contribution in [0.2, 0.25) is 0 Å². The van der Waals surface area contributed by atoms with Crippen LogP contribution in [0, 0.1) is 0 Å². The minimum absolute atomic E-state index is 0.143. The fourth-order valence-corrected chi connectivity index (χ4v) is 4.09. The maximum absolute atomic E-state index is 12.7. The summed E-state index contributed by atoms with van der Waals surface area (Å²) < 4.78 is 2.25. The van der Waals surface area contributed by atoms with Crippen molar-refractivity contribution in [1.82, 2.24) is 9.55 Å². The number of aryl methyl sites for hydroxylation is 2. The third-order valence-corrected chi connectivity index (χ3v) is 5.56. The molecule has 1 aliphatic heterocycles. The number of fused-ring (bicyclic) bond motifs is 1. The normalized spacial score (nSPS) is 17.2. The molecule has 140 valence electrons. The number of hydrogen-bond donors (Lipinski definition) is 0. The van der Waals surface area contributed by atoms with E-state index < -0.39 is 0 Å². The topological polar surface area (TPSA) is 38.1 Å². The van der Waals surface area contributed by atoms with E-state index in [1.54, 1.807) is 0 Å². The van der Waals surface area contributed by atoms with Crippen molar-refractivity contribution in [2.45, 2.75) is 52.0 Å². The number of rotatable bonds is 6. The first-order chi connectivity index (χ1) is 13.2. The van der Waals surface area contributed by atoms with Crippen LogP contribution in [0.4, 0.5) is 5.69 Å². The van der Waals surface area contributed by atoms with Gasteiger partial charge in [-0.2, -0.15) is 0 Å². The maximum Gasteiger partial charge on any atom is 0.227 e. The maximum atomic E-state index is 12.7. The van der Waals surface area contributed by atoms with Gasteiger partial charge in [0, 0.05) is 31.1 Å². The molecule has 0 spiro atoms. The minimum atomic E-state index is 0.143. The summed E-state index contributed by atoms with van der Waals surface area (Å²) in [5, 5.41) is 0. The third kappa shape index (κ3) is 3.36. The van der Waals surface area contributed by atoms with Gasteiger partial charge in [0.2, 0.25) is 5.91 Å². The van der Waals surface area contributed by atoms with E-state index in [-0.39, 0.29) is 11.8 Å². The van der Waals surface area contributed by atoms with E-state index in [1.165, 1.54) is 18.4 Å². The number of nitrogens with zero attached hydrogens (tertiary/aromatic N) is 3. The quantitative estimate of drug-likeness (QED) is 0.625. The molecule has 27 heavy (non-hydrogen) atoms. The molecule has 1 aromatic heterocycles. The summed E-state index contributed by atoms with van der Waals surface area (Å²) in [5.74, 6) is 1.37. The van der Waals surface area contributed by atoms with Crippen LogP contribution in [0.1, 0.15) is 50.4 Å². The third-order valence-electron chi connectivity index (χ3n) is 5.56. The van der Waals surface area contributed by atoms with Gasteiger partial charge in [-0.3, -0.25) is 4.79 Å². The number of benzene rings is 2. The molecule has 0 saturated carbocycles. The van der Waals surface area contributed by atoms with Gasteiger partial charge >= 0.3 is 0 Å². The monoisotopic (exact) mass is 361 g/mol. The number of imidazole rings is 1. The van der Waals surface area contributed by atoms with Crippen LogP contribution in [0.5, 0.6) is 0 Å². The summed E-state index contributed by atoms with van der Waals surface area (Å²) in [6, 6.07) is 16.7. The van der Waals surface area contributed by atoms with E-state index in [0.717, 1.165) is 35.5 Å². The number of hydrogen-bond acceptors (Lipinski definition) is 2. The summed E-state index contributed by atoms with van der Waals surface area (Å²) in [6.07, 6.45) is 4.04. The van der Waals surface area contributed by atoms with Crippen molar-refractivity contribution in [1.29, 1.82) is 0 Å². The lowest BCUT2D eigenvalue weighted by molar-refractivity contribution is -0.117. The molecule has 0 aliphatic carbocycles. The van der Waals surface area contributed by atoms with Gasteiger partial charge < -0.3 is 9.47 Å². The van der Waals surface area contributed by atoms with Crippen molar-refractivity contribution >= 4 is 22.6 Å². The molecule has 1 aliphatic rings. The van der Waals surface area contributed by atoms with Gasteiger partial charge in [-0.15, -0.1) is 0 Å². The highest BCUT2D eigenvalue weighted by Crippen LogP contribution is 2.33. The Bertz CT molecular complexity index is 942. The molecule has 2 heterocycles. The Kier molecular flexibility index (Phi) is 4.97. The fourth-order valence-electron chi connectivity index (χ4n) is 4.09. The Labute approximate surface area is 160 Å². The summed E-state index contributed by atoms with van der Waals surface area (Å²) in [7, 11) is 0. The zero-order valence-corrected chi connectivity index (χ0v) is 16.2. The Balaban J connectivity index is 1.57. The number of anilines is 1. The average molecular weight is 361 g/mol. The highest BCUT2D eigenvalue weighted by molar-refractivity contribution is 5.96. The van der Waals surface area contributed by atoms with Gasteiger partial charge in [0.05, 0.1) is 11.0 Å². The Hall–Kier alpha value is -2.62. The number of carbonyl (C=O) groups is 1. The van der Waals surface area contributed by atoms with Gasteiger partial charge in [0.15, 0.2) is 0 Å². The largest absolute Gasteiger partial charge is 0.328 e. The second kappa shape index (κ2) is 7.55. The molecule has 1 saturated heterocycles. The zero-order valence-electron chi connectivity index (χ0n) is 16.2. The molecular weight excluding hydrogens is 334 g/mol. The van der Waals surface area contributed by atoms with Crippen LogP contribution in [-0.2, 0) is 17.8 Å². The molecule has 0 N–H and O–H groups in total. The molecule has 0 bridgehead atoms. The van der Waals surface area contributed by atoms with E-state index in [9.17, 15) is 4.79 Å². The number of carbonyl (C=O) groups excluding carboxylic acids is 1. The van der Waals surface area contributed by atoms with Crippen LogP contribution >= 0.6 is 0 Å². The second-order valence-electron chi connectivity index (χ2n) is 7.38. The first kappa shape index (κ1) is 17.8. The van der Waals surface area contributed by atoms with E-state index in [2.05, 4.69) is 54.8 Å². The van der Waals surface area contributed by atoms with E-state index in [4.69, 9.17) is 4.98 Å². The molecular formula is C23H27N3O. The molecule has 1 atom stereocenters. The molecule has 0 unspecified atom stereocenters.